The molecule has 1 aromatic rings. The van der Waals surface area contributed by atoms with Gasteiger partial charge < -0.3 is 20.0 Å². The first-order valence-electron chi connectivity index (χ1n) is 9.75. The highest BCUT2D eigenvalue weighted by Gasteiger charge is 2.20. The first-order chi connectivity index (χ1) is 12.8. The summed E-state index contributed by atoms with van der Waals surface area (Å²) in [7, 11) is 0. The van der Waals surface area contributed by atoms with Crippen molar-refractivity contribution in [2.75, 3.05) is 76.9 Å². The smallest absolute Gasteiger partial charge is 0.317 e. The summed E-state index contributed by atoms with van der Waals surface area (Å²) in [6.45, 7) is 12.6. The molecular weight excluding hydrogens is 330 g/mol. The molecule has 1 N–H and O–H groups in total. The van der Waals surface area contributed by atoms with Gasteiger partial charge in [0.05, 0.1) is 0 Å². The zero-order valence-corrected chi connectivity index (χ0v) is 15.8. The van der Waals surface area contributed by atoms with Gasteiger partial charge in [0.15, 0.2) is 0 Å². The number of hydrogen-bond donors (Lipinski definition) is 1. The van der Waals surface area contributed by atoms with E-state index in [1.807, 2.05) is 11.0 Å². The van der Waals surface area contributed by atoms with Crippen molar-refractivity contribution in [3.63, 3.8) is 0 Å². The van der Waals surface area contributed by atoms with Gasteiger partial charge in [0.1, 0.15) is 0 Å². The number of nitrogens with zero attached hydrogens (tertiary/aromatic N) is 6. The minimum Gasteiger partial charge on any atom is -0.338 e. The van der Waals surface area contributed by atoms with Gasteiger partial charge in [-0.1, -0.05) is 6.92 Å². The summed E-state index contributed by atoms with van der Waals surface area (Å²) in [5.41, 5.74) is 0. The number of piperazine rings is 2. The van der Waals surface area contributed by atoms with Crippen LogP contribution in [0.4, 0.5) is 10.7 Å². The van der Waals surface area contributed by atoms with Crippen molar-refractivity contribution in [2.45, 2.75) is 13.3 Å². The van der Waals surface area contributed by atoms with Crippen LogP contribution in [0.15, 0.2) is 18.5 Å². The van der Waals surface area contributed by atoms with Crippen molar-refractivity contribution in [3.8, 4) is 0 Å². The third-order valence-electron chi connectivity index (χ3n) is 5.24. The molecule has 26 heavy (non-hydrogen) atoms. The monoisotopic (exact) mass is 361 g/mol. The molecule has 2 fully saturated rings. The second kappa shape index (κ2) is 9.68. The van der Waals surface area contributed by atoms with Crippen LogP contribution in [0.5, 0.6) is 0 Å². The van der Waals surface area contributed by atoms with Crippen molar-refractivity contribution >= 4 is 12.0 Å². The molecule has 8 heteroatoms. The Hall–Kier alpha value is -1.93. The van der Waals surface area contributed by atoms with E-state index in [9.17, 15) is 4.79 Å². The molecule has 0 unspecified atom stereocenters. The molecule has 8 nitrogen and oxygen atoms in total. The highest BCUT2D eigenvalue weighted by Crippen LogP contribution is 2.09. The Bertz CT molecular complexity index is 540. The molecule has 3 heterocycles. The SMILES string of the molecule is CCN1CCN(C(=O)NCCCN2CCN(c3ncccn3)CC2)CC1. The molecule has 0 spiro atoms. The number of aromatic nitrogens is 2. The van der Waals surface area contributed by atoms with Crippen LogP contribution in [0.1, 0.15) is 13.3 Å². The van der Waals surface area contributed by atoms with Crippen molar-refractivity contribution in [1.29, 1.82) is 0 Å². The lowest BCUT2D eigenvalue weighted by Crippen LogP contribution is -2.52. The summed E-state index contributed by atoms with van der Waals surface area (Å²) < 4.78 is 0. The number of carbonyl (C=O) groups is 1. The number of anilines is 1. The lowest BCUT2D eigenvalue weighted by atomic mass is 10.3. The summed E-state index contributed by atoms with van der Waals surface area (Å²) in [4.78, 5) is 29.8. The maximum absolute atomic E-state index is 12.2. The Morgan fingerprint density at radius 1 is 1.00 bits per heavy atom. The van der Waals surface area contributed by atoms with E-state index in [0.29, 0.717) is 0 Å². The summed E-state index contributed by atoms with van der Waals surface area (Å²) in [6, 6.07) is 1.93. The summed E-state index contributed by atoms with van der Waals surface area (Å²) in [5, 5.41) is 3.07. The van der Waals surface area contributed by atoms with Gasteiger partial charge in [-0.2, -0.15) is 0 Å². The van der Waals surface area contributed by atoms with E-state index in [2.05, 4.69) is 36.9 Å². The Balaban J connectivity index is 1.27. The fourth-order valence-electron chi connectivity index (χ4n) is 3.50. The van der Waals surface area contributed by atoms with Gasteiger partial charge in [-0.3, -0.25) is 4.90 Å². The van der Waals surface area contributed by atoms with Crippen LogP contribution >= 0.6 is 0 Å². The normalized spacial score (nSPS) is 19.6. The Morgan fingerprint density at radius 2 is 1.65 bits per heavy atom. The second-order valence-electron chi connectivity index (χ2n) is 6.88. The first kappa shape index (κ1) is 18.8. The molecule has 1 aromatic heterocycles. The molecule has 2 aliphatic heterocycles. The molecule has 144 valence electrons. The lowest BCUT2D eigenvalue weighted by Gasteiger charge is -2.35. The molecule has 2 saturated heterocycles. The van der Waals surface area contributed by atoms with Gasteiger partial charge in [-0.15, -0.1) is 0 Å². The number of carbonyl (C=O) groups excluding carboxylic acids is 1. The number of rotatable bonds is 6. The number of urea groups is 1. The van der Waals surface area contributed by atoms with Crippen LogP contribution in [-0.4, -0.2) is 103 Å². The molecule has 2 amide bonds. The number of likely N-dealkylation sites (N-methyl/N-ethyl adjacent to an activating group) is 1. The second-order valence-corrected chi connectivity index (χ2v) is 6.88. The lowest BCUT2D eigenvalue weighted by molar-refractivity contribution is 0.142. The van der Waals surface area contributed by atoms with Gasteiger partial charge in [0, 0.05) is 71.3 Å². The van der Waals surface area contributed by atoms with Gasteiger partial charge in [-0.05, 0) is 25.6 Å². The predicted octanol–water partition coefficient (Wildman–Crippen LogP) is 0.336. The molecule has 0 radical (unpaired) electrons. The Kier molecular flexibility index (Phi) is 7.02. The highest BCUT2D eigenvalue weighted by molar-refractivity contribution is 5.74. The molecule has 0 aliphatic carbocycles. The quantitative estimate of drug-likeness (QED) is 0.737. The minimum absolute atomic E-state index is 0.0896. The van der Waals surface area contributed by atoms with Crippen molar-refractivity contribution in [3.05, 3.63) is 18.5 Å². The first-order valence-corrected chi connectivity index (χ1v) is 9.75. The van der Waals surface area contributed by atoms with E-state index in [-0.39, 0.29) is 6.03 Å². The summed E-state index contributed by atoms with van der Waals surface area (Å²) in [6.07, 6.45) is 4.57. The Morgan fingerprint density at radius 3 is 2.31 bits per heavy atom. The van der Waals surface area contributed by atoms with E-state index in [0.717, 1.165) is 84.4 Å². The van der Waals surface area contributed by atoms with Gasteiger partial charge in [-0.25, -0.2) is 14.8 Å². The van der Waals surface area contributed by atoms with E-state index in [1.54, 1.807) is 12.4 Å². The summed E-state index contributed by atoms with van der Waals surface area (Å²) >= 11 is 0. The van der Waals surface area contributed by atoms with Crippen LogP contribution < -0.4 is 10.2 Å². The zero-order valence-electron chi connectivity index (χ0n) is 15.8. The van der Waals surface area contributed by atoms with Crippen LogP contribution in [-0.2, 0) is 0 Å². The third-order valence-corrected chi connectivity index (χ3v) is 5.24. The molecule has 0 saturated carbocycles. The summed E-state index contributed by atoms with van der Waals surface area (Å²) in [5.74, 6) is 0.822. The van der Waals surface area contributed by atoms with E-state index >= 15 is 0 Å². The van der Waals surface area contributed by atoms with Gasteiger partial charge in [0.2, 0.25) is 5.95 Å². The van der Waals surface area contributed by atoms with Crippen LogP contribution in [0.2, 0.25) is 0 Å². The molecule has 0 aromatic carbocycles. The van der Waals surface area contributed by atoms with E-state index in [4.69, 9.17) is 0 Å². The van der Waals surface area contributed by atoms with E-state index < -0.39 is 0 Å². The maximum atomic E-state index is 12.2. The van der Waals surface area contributed by atoms with Gasteiger partial charge >= 0.3 is 6.03 Å². The fourth-order valence-corrected chi connectivity index (χ4v) is 3.50. The topological polar surface area (TPSA) is 67.8 Å². The third kappa shape index (κ3) is 5.28. The standard InChI is InChI=1S/C18H31N7O/c1-2-22-9-15-25(16-10-22)18(26)21-7-4-8-23-11-13-24(14-12-23)17-19-5-3-6-20-17/h3,5-6H,2,4,7-16H2,1H3,(H,21,26). The fraction of sp³-hybridized carbons (Fsp3) is 0.722. The van der Waals surface area contributed by atoms with Crippen LogP contribution in [0, 0.1) is 0 Å². The van der Waals surface area contributed by atoms with E-state index in [1.165, 1.54) is 0 Å². The largest absolute Gasteiger partial charge is 0.338 e. The average molecular weight is 361 g/mol. The molecular formula is C18H31N7O. The van der Waals surface area contributed by atoms with Gasteiger partial charge in [0.25, 0.3) is 0 Å². The van der Waals surface area contributed by atoms with Crippen molar-refractivity contribution in [2.24, 2.45) is 0 Å². The predicted molar refractivity (Wildman–Crippen MR) is 102 cm³/mol. The minimum atomic E-state index is 0.0896. The number of hydrogen-bond acceptors (Lipinski definition) is 6. The number of nitrogens with one attached hydrogen (secondary N) is 1. The molecule has 3 rings (SSSR count). The molecule has 2 aliphatic rings. The molecule has 0 atom stereocenters. The Labute approximate surface area is 156 Å². The van der Waals surface area contributed by atoms with Crippen molar-refractivity contribution in [1.82, 2.24) is 30.0 Å². The average Bonchev–Trinajstić information content (AvgIpc) is 2.72. The van der Waals surface area contributed by atoms with Crippen LogP contribution in [0.3, 0.4) is 0 Å². The number of amides is 2. The van der Waals surface area contributed by atoms with Crippen LogP contribution in [0.25, 0.3) is 0 Å². The zero-order chi connectivity index (χ0) is 18.2. The maximum Gasteiger partial charge on any atom is 0.317 e. The van der Waals surface area contributed by atoms with Crippen molar-refractivity contribution < 1.29 is 4.79 Å². The molecule has 0 bridgehead atoms. The highest BCUT2D eigenvalue weighted by atomic mass is 16.2.